The first kappa shape index (κ1) is 22.8. The van der Waals surface area contributed by atoms with Crippen LogP contribution >= 0.6 is 0 Å². The molecule has 2 amide bonds. The van der Waals surface area contributed by atoms with E-state index >= 15 is 0 Å². The lowest BCUT2D eigenvalue weighted by molar-refractivity contribution is -0.135. The monoisotopic (exact) mass is 475 g/mol. The van der Waals surface area contributed by atoms with Crippen LogP contribution < -0.4 is 14.2 Å². The van der Waals surface area contributed by atoms with Crippen molar-refractivity contribution in [1.82, 2.24) is 14.4 Å². The summed E-state index contributed by atoms with van der Waals surface area (Å²) in [5.41, 5.74) is 2.47. The number of carbonyl (C=O) groups is 2. The number of carbonyl (C=O) groups excluding carboxylic acids is 2. The predicted molar refractivity (Wildman–Crippen MR) is 130 cm³/mol. The van der Waals surface area contributed by atoms with Crippen LogP contribution in [0, 0.1) is 0 Å². The minimum absolute atomic E-state index is 0.0217. The van der Waals surface area contributed by atoms with Crippen LogP contribution in [-0.4, -0.2) is 59.2 Å². The first-order chi connectivity index (χ1) is 17.0. The fourth-order valence-electron chi connectivity index (χ4n) is 4.74. The SMILES string of the molecule is COc1cccc(C2c3cccn3CCN2C(=O)CN(C(=O)c2ccc3c(c2)OCO3)C(C)C)c1. The fraction of sp³-hybridized carbons (Fsp3) is 0.333. The fourth-order valence-corrected chi connectivity index (χ4v) is 4.74. The van der Waals surface area contributed by atoms with Crippen molar-refractivity contribution in [3.8, 4) is 17.2 Å². The van der Waals surface area contributed by atoms with Crippen LogP contribution in [0.25, 0.3) is 0 Å². The quantitative estimate of drug-likeness (QED) is 0.544. The number of hydrogen-bond acceptors (Lipinski definition) is 5. The Morgan fingerprint density at radius 1 is 1.06 bits per heavy atom. The molecule has 2 aromatic carbocycles. The van der Waals surface area contributed by atoms with Gasteiger partial charge in [-0.05, 0) is 61.9 Å². The van der Waals surface area contributed by atoms with Gasteiger partial charge in [0, 0.05) is 36.6 Å². The van der Waals surface area contributed by atoms with Crippen LogP contribution in [0.1, 0.15) is 41.5 Å². The molecule has 1 aromatic heterocycles. The van der Waals surface area contributed by atoms with Gasteiger partial charge in [0.25, 0.3) is 5.91 Å². The molecule has 3 heterocycles. The molecule has 0 N–H and O–H groups in total. The number of hydrogen-bond donors (Lipinski definition) is 0. The molecule has 8 nitrogen and oxygen atoms in total. The highest BCUT2D eigenvalue weighted by Gasteiger charge is 2.34. The van der Waals surface area contributed by atoms with Crippen molar-refractivity contribution in [2.75, 3.05) is 27.0 Å². The lowest BCUT2D eigenvalue weighted by Crippen LogP contribution is -2.49. The van der Waals surface area contributed by atoms with E-state index in [2.05, 4.69) is 4.57 Å². The number of methoxy groups -OCH3 is 1. The lowest BCUT2D eigenvalue weighted by Gasteiger charge is -2.39. The minimum Gasteiger partial charge on any atom is -0.497 e. The van der Waals surface area contributed by atoms with Gasteiger partial charge in [-0.15, -0.1) is 0 Å². The van der Waals surface area contributed by atoms with Gasteiger partial charge in [-0.3, -0.25) is 9.59 Å². The Morgan fingerprint density at radius 3 is 2.69 bits per heavy atom. The molecule has 35 heavy (non-hydrogen) atoms. The molecule has 0 fully saturated rings. The highest BCUT2D eigenvalue weighted by atomic mass is 16.7. The van der Waals surface area contributed by atoms with Gasteiger partial charge >= 0.3 is 0 Å². The van der Waals surface area contributed by atoms with Gasteiger partial charge in [0.15, 0.2) is 11.5 Å². The molecule has 1 atom stereocenters. The second kappa shape index (κ2) is 9.37. The van der Waals surface area contributed by atoms with E-state index in [-0.39, 0.29) is 37.2 Å². The maximum absolute atomic E-state index is 13.8. The lowest BCUT2D eigenvalue weighted by atomic mass is 9.99. The Bertz CT molecular complexity index is 1250. The summed E-state index contributed by atoms with van der Waals surface area (Å²) in [4.78, 5) is 30.7. The van der Waals surface area contributed by atoms with Crippen LogP contribution in [0.2, 0.25) is 0 Å². The highest BCUT2D eigenvalue weighted by Crippen LogP contribution is 2.35. The van der Waals surface area contributed by atoms with Gasteiger partial charge in [-0.2, -0.15) is 0 Å². The van der Waals surface area contributed by atoms with E-state index in [0.717, 1.165) is 17.0 Å². The zero-order valence-corrected chi connectivity index (χ0v) is 20.1. The molecular weight excluding hydrogens is 446 g/mol. The van der Waals surface area contributed by atoms with Gasteiger partial charge in [0.2, 0.25) is 12.7 Å². The molecule has 0 aliphatic carbocycles. The van der Waals surface area contributed by atoms with Gasteiger partial charge in [0.05, 0.1) is 13.2 Å². The molecule has 2 aliphatic heterocycles. The zero-order chi connectivity index (χ0) is 24.5. The number of ether oxygens (including phenoxy) is 3. The van der Waals surface area contributed by atoms with Crippen molar-refractivity contribution in [3.63, 3.8) is 0 Å². The maximum Gasteiger partial charge on any atom is 0.254 e. The summed E-state index contributed by atoms with van der Waals surface area (Å²) in [6, 6.07) is 16.5. The molecule has 5 rings (SSSR count). The van der Waals surface area contributed by atoms with Crippen molar-refractivity contribution in [2.24, 2.45) is 0 Å². The summed E-state index contributed by atoms with van der Waals surface area (Å²) in [7, 11) is 1.63. The standard InChI is InChI=1S/C27H29N3O5/c1-18(2)30(27(32)20-9-10-23-24(15-20)35-17-34-23)16-25(31)29-13-12-28-11-5-8-22(28)26(29)19-6-4-7-21(14-19)33-3/h4-11,14-15,18,26H,12-13,16-17H2,1-3H3. The third-order valence-corrected chi connectivity index (χ3v) is 6.58. The van der Waals surface area contributed by atoms with E-state index in [1.165, 1.54) is 0 Å². The van der Waals surface area contributed by atoms with Crippen molar-refractivity contribution >= 4 is 11.8 Å². The van der Waals surface area contributed by atoms with E-state index in [0.29, 0.717) is 30.2 Å². The molecule has 0 bridgehead atoms. The minimum atomic E-state index is -0.268. The first-order valence-corrected chi connectivity index (χ1v) is 11.8. The van der Waals surface area contributed by atoms with Crippen molar-refractivity contribution in [1.29, 1.82) is 0 Å². The average molecular weight is 476 g/mol. The van der Waals surface area contributed by atoms with Crippen LogP contribution in [0.5, 0.6) is 17.2 Å². The van der Waals surface area contributed by atoms with Gasteiger partial charge in [-0.25, -0.2) is 0 Å². The van der Waals surface area contributed by atoms with E-state index in [1.807, 2.05) is 61.3 Å². The van der Waals surface area contributed by atoms with E-state index in [1.54, 1.807) is 30.2 Å². The van der Waals surface area contributed by atoms with Crippen LogP contribution in [0.15, 0.2) is 60.8 Å². The maximum atomic E-state index is 13.8. The van der Waals surface area contributed by atoms with Gasteiger partial charge < -0.3 is 28.6 Å². The number of amides is 2. The summed E-state index contributed by atoms with van der Waals surface area (Å²) in [5.74, 6) is 1.57. The second-order valence-electron chi connectivity index (χ2n) is 8.99. The van der Waals surface area contributed by atoms with Crippen molar-refractivity contribution < 1.29 is 23.8 Å². The molecule has 0 radical (unpaired) electrons. The smallest absolute Gasteiger partial charge is 0.254 e. The van der Waals surface area contributed by atoms with Crippen molar-refractivity contribution in [2.45, 2.75) is 32.5 Å². The highest BCUT2D eigenvalue weighted by molar-refractivity contribution is 5.97. The molecule has 8 heteroatoms. The Morgan fingerprint density at radius 2 is 1.89 bits per heavy atom. The van der Waals surface area contributed by atoms with E-state index in [4.69, 9.17) is 14.2 Å². The Kier molecular flexibility index (Phi) is 6.11. The largest absolute Gasteiger partial charge is 0.497 e. The van der Waals surface area contributed by atoms with Gasteiger partial charge in [-0.1, -0.05) is 12.1 Å². The van der Waals surface area contributed by atoms with Crippen molar-refractivity contribution in [3.05, 3.63) is 77.6 Å². The molecule has 0 saturated heterocycles. The predicted octanol–water partition coefficient (Wildman–Crippen LogP) is 3.71. The molecule has 1 unspecified atom stereocenters. The van der Waals surface area contributed by atoms with E-state index in [9.17, 15) is 9.59 Å². The van der Waals surface area contributed by atoms with Gasteiger partial charge in [0.1, 0.15) is 12.3 Å². The number of fused-ring (bicyclic) bond motifs is 2. The summed E-state index contributed by atoms with van der Waals surface area (Å²) in [5, 5.41) is 0. The van der Waals surface area contributed by atoms with Crippen LogP contribution in [0.3, 0.4) is 0 Å². The molecule has 2 aliphatic rings. The first-order valence-electron chi connectivity index (χ1n) is 11.8. The molecular formula is C27H29N3O5. The molecule has 182 valence electrons. The van der Waals surface area contributed by atoms with Crippen LogP contribution in [0.4, 0.5) is 0 Å². The zero-order valence-electron chi connectivity index (χ0n) is 20.1. The number of benzene rings is 2. The number of aromatic nitrogens is 1. The molecule has 0 spiro atoms. The topological polar surface area (TPSA) is 73.2 Å². The summed E-state index contributed by atoms with van der Waals surface area (Å²) >= 11 is 0. The summed E-state index contributed by atoms with van der Waals surface area (Å²) in [6.07, 6.45) is 2.04. The summed E-state index contributed by atoms with van der Waals surface area (Å²) < 4.78 is 18.4. The Labute approximate surface area is 204 Å². The third-order valence-electron chi connectivity index (χ3n) is 6.58. The molecule has 0 saturated carbocycles. The number of nitrogens with zero attached hydrogens (tertiary/aromatic N) is 3. The van der Waals surface area contributed by atoms with E-state index < -0.39 is 0 Å². The molecule has 3 aromatic rings. The second-order valence-corrected chi connectivity index (χ2v) is 8.99. The normalized spacial score (nSPS) is 16.2. The van der Waals surface area contributed by atoms with Crippen LogP contribution in [-0.2, 0) is 11.3 Å². The number of rotatable bonds is 6. The average Bonchev–Trinajstić information content (AvgIpc) is 3.54. The summed E-state index contributed by atoms with van der Waals surface area (Å²) in [6.45, 7) is 5.20. The third kappa shape index (κ3) is 4.32. The Balaban J connectivity index is 1.42. The Hall–Kier alpha value is -3.94.